The van der Waals surface area contributed by atoms with Crippen LogP contribution < -0.4 is 0 Å². The van der Waals surface area contributed by atoms with E-state index < -0.39 is 0 Å². The Labute approximate surface area is 60.9 Å². The molecule has 9 heavy (non-hydrogen) atoms. The van der Waals surface area contributed by atoms with Crippen molar-refractivity contribution >= 4 is 32.5 Å². The molecule has 3 heteroatoms. The number of aromatic nitrogens is 1. The number of benzene rings is 1. The summed E-state index contributed by atoms with van der Waals surface area (Å²) in [5, 5.41) is 0. The zero-order valence-electron chi connectivity index (χ0n) is 4.63. The summed E-state index contributed by atoms with van der Waals surface area (Å²) in [7, 11) is 0. The molecule has 0 atom stereocenters. The van der Waals surface area contributed by atoms with E-state index in [-0.39, 0.29) is 0 Å². The first-order chi connectivity index (χ1) is 4.45. The maximum absolute atomic E-state index is 3.14. The summed E-state index contributed by atoms with van der Waals surface area (Å²) in [5.74, 6) is 0. The van der Waals surface area contributed by atoms with Crippen LogP contribution in [-0.4, -0.2) is 3.76 Å². The highest BCUT2D eigenvalue weighted by molar-refractivity contribution is 7.23. The second-order valence-electron chi connectivity index (χ2n) is 1.76. The molecule has 0 amide bonds. The van der Waals surface area contributed by atoms with Crippen molar-refractivity contribution < 1.29 is 0 Å². The van der Waals surface area contributed by atoms with Crippen molar-refractivity contribution in [2.45, 2.75) is 0 Å². The van der Waals surface area contributed by atoms with Crippen molar-refractivity contribution in [3.63, 3.8) is 0 Å². The summed E-state index contributed by atoms with van der Waals surface area (Å²) < 4.78 is 5.71. The van der Waals surface area contributed by atoms with Crippen molar-refractivity contribution in [1.29, 1.82) is 0 Å². The van der Waals surface area contributed by atoms with Crippen molar-refractivity contribution in [1.82, 2.24) is 3.76 Å². The first kappa shape index (κ1) is 5.26. The Bertz CT molecular complexity index is 250. The van der Waals surface area contributed by atoms with Gasteiger partial charge >= 0.3 is 0 Å². The fourth-order valence-electron chi connectivity index (χ4n) is 0.693. The number of fused-ring (bicyclic) bond motifs is 4. The molecule has 2 heterocycles. The van der Waals surface area contributed by atoms with Gasteiger partial charge in [0.05, 0.1) is 0 Å². The molecule has 2 bridgehead atoms. The maximum atomic E-state index is 3.14. The molecule has 0 unspecified atom stereocenters. The molecule has 3 rings (SSSR count). The topological polar surface area (TPSA) is 15.8 Å². The minimum Gasteiger partial charge on any atom is -0.266 e. The minimum absolute atomic E-state index is 1.28. The van der Waals surface area contributed by atoms with Crippen LogP contribution in [0.3, 0.4) is 0 Å². The third-order valence-electron chi connectivity index (χ3n) is 1.14. The Hall–Kier alpha value is -0.540. The van der Waals surface area contributed by atoms with E-state index in [9.17, 15) is 0 Å². The molecular formula is C6H5NS2. The van der Waals surface area contributed by atoms with Gasteiger partial charge in [-0.1, -0.05) is 23.1 Å². The lowest BCUT2D eigenvalue weighted by atomic mass is 10.4. The van der Waals surface area contributed by atoms with Gasteiger partial charge < -0.3 is 0 Å². The average Bonchev–Trinajstić information content (AvgIpc) is 2.21. The van der Waals surface area contributed by atoms with E-state index in [0.29, 0.717) is 0 Å². The zero-order valence-corrected chi connectivity index (χ0v) is 6.26. The normalized spacial score (nSPS) is 10.2. The Kier molecular flexibility index (Phi) is 1.17. The minimum atomic E-state index is 1.28. The van der Waals surface area contributed by atoms with Crippen LogP contribution >= 0.6 is 23.1 Å². The summed E-state index contributed by atoms with van der Waals surface area (Å²) in [6.07, 6.45) is 0. The molecule has 0 saturated carbocycles. The van der Waals surface area contributed by atoms with Gasteiger partial charge in [0.25, 0.3) is 0 Å². The van der Waals surface area contributed by atoms with Crippen molar-refractivity contribution in [3.05, 3.63) is 24.3 Å². The molecule has 2 aromatic heterocycles. The Morgan fingerprint density at radius 2 is 1.33 bits per heavy atom. The largest absolute Gasteiger partial charge is 0.266 e. The van der Waals surface area contributed by atoms with Gasteiger partial charge in [-0.3, -0.25) is 3.76 Å². The van der Waals surface area contributed by atoms with E-state index >= 15 is 0 Å². The van der Waals surface area contributed by atoms with Crippen LogP contribution in [-0.2, 0) is 0 Å². The van der Waals surface area contributed by atoms with E-state index in [2.05, 4.69) is 28.0 Å². The van der Waals surface area contributed by atoms with Crippen LogP contribution in [0.15, 0.2) is 24.3 Å². The SMILES string of the molecule is c1cc2ccc1s[nH]s2. The lowest BCUT2D eigenvalue weighted by Gasteiger charge is -1.78. The smallest absolute Gasteiger partial charge is 0.0450 e. The van der Waals surface area contributed by atoms with Gasteiger partial charge in [0.2, 0.25) is 0 Å². The van der Waals surface area contributed by atoms with Crippen molar-refractivity contribution in [2.24, 2.45) is 0 Å². The van der Waals surface area contributed by atoms with Gasteiger partial charge in [0.15, 0.2) is 0 Å². The zero-order chi connectivity index (χ0) is 6.10. The molecule has 0 fully saturated rings. The third-order valence-corrected chi connectivity index (χ3v) is 2.83. The van der Waals surface area contributed by atoms with Crippen LogP contribution in [0.4, 0.5) is 0 Å². The number of nitrogens with one attached hydrogen (secondary N) is 1. The van der Waals surface area contributed by atoms with E-state index in [0.717, 1.165) is 0 Å². The molecule has 0 aliphatic heterocycles. The fourth-order valence-corrected chi connectivity index (χ4v) is 2.17. The molecule has 0 aliphatic rings. The van der Waals surface area contributed by atoms with Gasteiger partial charge in [-0.2, -0.15) is 0 Å². The van der Waals surface area contributed by atoms with Gasteiger partial charge in [-0.15, -0.1) is 0 Å². The molecule has 3 aromatic rings. The number of H-pyrrole nitrogens is 1. The highest BCUT2D eigenvalue weighted by atomic mass is 32.2. The second kappa shape index (κ2) is 2.01. The van der Waals surface area contributed by atoms with Crippen LogP contribution in [0.25, 0.3) is 9.40 Å². The number of aromatic amines is 1. The predicted molar refractivity (Wildman–Crippen MR) is 42.9 cm³/mol. The molecule has 0 saturated heterocycles. The van der Waals surface area contributed by atoms with E-state index in [1.165, 1.54) is 9.40 Å². The van der Waals surface area contributed by atoms with Crippen LogP contribution in [0, 0.1) is 0 Å². The van der Waals surface area contributed by atoms with Crippen LogP contribution in [0.5, 0.6) is 0 Å². The lowest BCUT2D eigenvalue weighted by Crippen LogP contribution is -1.53. The summed E-state index contributed by atoms with van der Waals surface area (Å²) in [5.41, 5.74) is 0. The molecule has 1 nitrogen and oxygen atoms in total. The molecule has 0 radical (unpaired) electrons. The lowest BCUT2D eigenvalue weighted by molar-refractivity contribution is 1.90. The van der Waals surface area contributed by atoms with Gasteiger partial charge in [0.1, 0.15) is 0 Å². The molecule has 0 aliphatic carbocycles. The average molecular weight is 155 g/mol. The molecule has 1 N–H and O–H groups in total. The Morgan fingerprint density at radius 3 is 1.78 bits per heavy atom. The van der Waals surface area contributed by atoms with Gasteiger partial charge in [0, 0.05) is 9.40 Å². The van der Waals surface area contributed by atoms with Crippen molar-refractivity contribution in [2.75, 3.05) is 0 Å². The molecule has 46 valence electrons. The summed E-state index contributed by atoms with van der Waals surface area (Å²) in [4.78, 5) is 0. The summed E-state index contributed by atoms with van der Waals surface area (Å²) in [6.45, 7) is 0. The van der Waals surface area contributed by atoms with E-state index in [4.69, 9.17) is 0 Å². The first-order valence-corrected chi connectivity index (χ1v) is 4.27. The van der Waals surface area contributed by atoms with E-state index in [1.54, 1.807) is 23.1 Å². The molecule has 0 spiro atoms. The standard InChI is InChI=1S/C6H5NS2/c1-2-6-4-3-5(1)8-7-9-6/h1-4,7H. The Balaban J connectivity index is 3.04. The quantitative estimate of drug-likeness (QED) is 0.602. The monoisotopic (exact) mass is 155 g/mol. The number of rotatable bonds is 0. The van der Waals surface area contributed by atoms with E-state index in [1.807, 2.05) is 0 Å². The third kappa shape index (κ3) is 0.930. The number of hydrogen-bond donors (Lipinski definition) is 1. The van der Waals surface area contributed by atoms with Crippen molar-refractivity contribution in [3.8, 4) is 0 Å². The maximum Gasteiger partial charge on any atom is 0.0450 e. The predicted octanol–water partition coefficient (Wildman–Crippen LogP) is 2.85. The number of hydrogen-bond acceptors (Lipinski definition) is 2. The first-order valence-electron chi connectivity index (χ1n) is 2.64. The Morgan fingerprint density at radius 1 is 0.889 bits per heavy atom. The fraction of sp³-hybridized carbons (Fsp3) is 0. The summed E-state index contributed by atoms with van der Waals surface area (Å²) in [6, 6.07) is 8.47. The summed E-state index contributed by atoms with van der Waals surface area (Å²) >= 11 is 3.32. The van der Waals surface area contributed by atoms with Gasteiger partial charge in [-0.25, -0.2) is 0 Å². The second-order valence-corrected chi connectivity index (χ2v) is 3.78. The molecular weight excluding hydrogens is 150 g/mol. The van der Waals surface area contributed by atoms with Crippen LogP contribution in [0.1, 0.15) is 0 Å². The highest BCUT2D eigenvalue weighted by Crippen LogP contribution is 2.14. The van der Waals surface area contributed by atoms with Gasteiger partial charge in [-0.05, 0) is 24.3 Å². The van der Waals surface area contributed by atoms with Crippen LogP contribution in [0.2, 0.25) is 0 Å². The molecule has 1 aromatic carbocycles. The highest BCUT2D eigenvalue weighted by Gasteiger charge is 1.84.